The maximum absolute atomic E-state index is 12.2. The van der Waals surface area contributed by atoms with E-state index < -0.39 is 0 Å². The molecule has 0 bridgehead atoms. The van der Waals surface area contributed by atoms with Gasteiger partial charge in [-0.1, -0.05) is 0 Å². The molecular weight excluding hydrogens is 258 g/mol. The van der Waals surface area contributed by atoms with Gasteiger partial charge in [-0.05, 0) is 26.0 Å². The first-order valence-electron chi connectivity index (χ1n) is 6.62. The van der Waals surface area contributed by atoms with E-state index in [4.69, 9.17) is 4.74 Å². The highest BCUT2D eigenvalue weighted by Gasteiger charge is 2.35. The number of pyridine rings is 1. The number of ether oxygens (including phenoxy) is 1. The Balaban J connectivity index is 2.04. The van der Waals surface area contributed by atoms with Crippen LogP contribution in [0.15, 0.2) is 18.3 Å². The van der Waals surface area contributed by atoms with E-state index >= 15 is 0 Å². The second-order valence-corrected chi connectivity index (χ2v) is 5.09. The highest BCUT2D eigenvalue weighted by molar-refractivity contribution is 5.97. The van der Waals surface area contributed by atoms with E-state index in [1.54, 1.807) is 23.2 Å². The first-order chi connectivity index (χ1) is 9.52. The lowest BCUT2D eigenvalue weighted by Crippen LogP contribution is -2.33. The third kappa shape index (κ3) is 2.89. The highest BCUT2D eigenvalue weighted by Crippen LogP contribution is 2.24. The van der Waals surface area contributed by atoms with E-state index in [1.165, 1.54) is 7.11 Å². The smallest absolute Gasteiger partial charge is 0.237 e. The number of hydrogen-bond acceptors (Lipinski definition) is 4. The number of methoxy groups -OCH3 is 1. The summed E-state index contributed by atoms with van der Waals surface area (Å²) < 4.78 is 5.09. The molecule has 2 amide bonds. The third-order valence-electron chi connectivity index (χ3n) is 3.37. The molecule has 0 saturated carbocycles. The van der Waals surface area contributed by atoms with Crippen LogP contribution in [-0.2, 0) is 9.59 Å². The number of likely N-dealkylation sites (tertiary alicyclic amines) is 1. The van der Waals surface area contributed by atoms with E-state index in [-0.39, 0.29) is 30.2 Å². The zero-order valence-electron chi connectivity index (χ0n) is 11.9. The number of nitrogens with one attached hydrogen (secondary N) is 1. The van der Waals surface area contributed by atoms with Gasteiger partial charge in [-0.25, -0.2) is 4.98 Å². The molecule has 1 N–H and O–H groups in total. The molecule has 0 spiro atoms. The molecule has 0 aromatic carbocycles. The standard InChI is InChI=1S/C14H19N3O3/c1-9(2)17-8-10(7-12(17)18)13(19)16-11-5-4-6-15-14(11)20-3/h4-6,9-10H,7-8H2,1-3H3,(H,16,19). The van der Waals surface area contributed by atoms with Crippen LogP contribution in [0.3, 0.4) is 0 Å². The van der Waals surface area contributed by atoms with Gasteiger partial charge in [0.2, 0.25) is 17.7 Å². The topological polar surface area (TPSA) is 71.5 Å². The van der Waals surface area contributed by atoms with Crippen LogP contribution in [0.1, 0.15) is 20.3 Å². The van der Waals surface area contributed by atoms with Gasteiger partial charge in [0.25, 0.3) is 0 Å². The Bertz CT molecular complexity index is 516. The summed E-state index contributed by atoms with van der Waals surface area (Å²) in [4.78, 5) is 29.8. The molecule has 1 aliphatic heterocycles. The van der Waals surface area contributed by atoms with E-state index in [2.05, 4.69) is 10.3 Å². The maximum Gasteiger partial charge on any atom is 0.237 e. The van der Waals surface area contributed by atoms with Crippen LogP contribution in [0.4, 0.5) is 5.69 Å². The Hall–Kier alpha value is -2.11. The Morgan fingerprint density at radius 2 is 2.30 bits per heavy atom. The monoisotopic (exact) mass is 277 g/mol. The van der Waals surface area contributed by atoms with Crippen molar-refractivity contribution in [3.8, 4) is 5.88 Å². The zero-order chi connectivity index (χ0) is 14.7. The molecule has 6 heteroatoms. The molecular formula is C14H19N3O3. The van der Waals surface area contributed by atoms with Crippen LogP contribution >= 0.6 is 0 Å². The van der Waals surface area contributed by atoms with Crippen LogP contribution < -0.4 is 10.1 Å². The average Bonchev–Trinajstić information content (AvgIpc) is 2.81. The minimum Gasteiger partial charge on any atom is -0.480 e. The third-order valence-corrected chi connectivity index (χ3v) is 3.37. The molecule has 1 aromatic rings. The predicted octanol–water partition coefficient (Wildman–Crippen LogP) is 1.29. The van der Waals surface area contributed by atoms with Gasteiger partial charge in [0.1, 0.15) is 5.69 Å². The molecule has 1 aliphatic rings. The maximum atomic E-state index is 12.2. The summed E-state index contributed by atoms with van der Waals surface area (Å²) in [5.41, 5.74) is 0.524. The summed E-state index contributed by atoms with van der Waals surface area (Å²) in [5.74, 6) is -0.105. The Kier molecular flexibility index (Phi) is 4.22. The summed E-state index contributed by atoms with van der Waals surface area (Å²) in [6.07, 6.45) is 1.85. The van der Waals surface area contributed by atoms with Crippen molar-refractivity contribution in [3.05, 3.63) is 18.3 Å². The number of hydrogen-bond donors (Lipinski definition) is 1. The van der Waals surface area contributed by atoms with Crippen molar-refractivity contribution in [3.63, 3.8) is 0 Å². The van der Waals surface area contributed by atoms with Crippen molar-refractivity contribution in [2.45, 2.75) is 26.3 Å². The molecule has 0 radical (unpaired) electrons. The van der Waals surface area contributed by atoms with Gasteiger partial charge < -0.3 is 15.0 Å². The van der Waals surface area contributed by atoms with Crippen molar-refractivity contribution in [1.82, 2.24) is 9.88 Å². The molecule has 108 valence electrons. The lowest BCUT2D eigenvalue weighted by molar-refractivity contribution is -0.129. The van der Waals surface area contributed by atoms with Crippen molar-refractivity contribution in [1.29, 1.82) is 0 Å². The van der Waals surface area contributed by atoms with Crippen LogP contribution in [0.5, 0.6) is 5.88 Å². The average molecular weight is 277 g/mol. The number of nitrogens with zero attached hydrogens (tertiary/aromatic N) is 2. The largest absolute Gasteiger partial charge is 0.480 e. The van der Waals surface area contributed by atoms with Crippen molar-refractivity contribution < 1.29 is 14.3 Å². The quantitative estimate of drug-likeness (QED) is 0.900. The molecule has 2 rings (SSSR count). The van der Waals surface area contributed by atoms with Gasteiger partial charge in [-0.2, -0.15) is 0 Å². The Morgan fingerprint density at radius 3 is 2.90 bits per heavy atom. The van der Waals surface area contributed by atoms with Crippen LogP contribution in [0.2, 0.25) is 0 Å². The fourth-order valence-electron chi connectivity index (χ4n) is 2.29. The van der Waals surface area contributed by atoms with E-state index in [1.807, 2.05) is 13.8 Å². The Labute approximate surface area is 118 Å². The van der Waals surface area contributed by atoms with Crippen molar-refractivity contribution in [2.75, 3.05) is 19.0 Å². The van der Waals surface area contributed by atoms with E-state index in [9.17, 15) is 9.59 Å². The Morgan fingerprint density at radius 1 is 1.55 bits per heavy atom. The van der Waals surface area contributed by atoms with E-state index in [0.29, 0.717) is 18.1 Å². The summed E-state index contributed by atoms with van der Waals surface area (Å²) >= 11 is 0. The van der Waals surface area contributed by atoms with Gasteiger partial charge in [-0.3, -0.25) is 9.59 Å². The summed E-state index contributed by atoms with van der Waals surface area (Å²) in [6.45, 7) is 4.36. The summed E-state index contributed by atoms with van der Waals surface area (Å²) in [5, 5.41) is 2.78. The summed E-state index contributed by atoms with van der Waals surface area (Å²) in [6, 6.07) is 3.56. The van der Waals surface area contributed by atoms with Gasteiger partial charge in [0.05, 0.1) is 13.0 Å². The summed E-state index contributed by atoms with van der Waals surface area (Å²) in [7, 11) is 1.50. The van der Waals surface area contributed by atoms with Gasteiger partial charge in [0, 0.05) is 25.2 Å². The number of carbonyl (C=O) groups excluding carboxylic acids is 2. The lowest BCUT2D eigenvalue weighted by Gasteiger charge is -2.20. The second kappa shape index (κ2) is 5.90. The molecule has 1 atom stereocenters. The number of rotatable bonds is 4. The van der Waals surface area contributed by atoms with Crippen LogP contribution in [-0.4, -0.2) is 41.4 Å². The minimum atomic E-state index is -0.324. The molecule has 20 heavy (non-hydrogen) atoms. The fourth-order valence-corrected chi connectivity index (χ4v) is 2.29. The molecule has 2 heterocycles. The molecule has 6 nitrogen and oxygen atoms in total. The minimum absolute atomic E-state index is 0.0262. The zero-order valence-corrected chi connectivity index (χ0v) is 11.9. The van der Waals surface area contributed by atoms with Crippen LogP contribution in [0, 0.1) is 5.92 Å². The van der Waals surface area contributed by atoms with Gasteiger partial charge in [0.15, 0.2) is 0 Å². The number of anilines is 1. The van der Waals surface area contributed by atoms with E-state index in [0.717, 1.165) is 0 Å². The highest BCUT2D eigenvalue weighted by atomic mass is 16.5. The molecule has 0 aliphatic carbocycles. The second-order valence-electron chi connectivity index (χ2n) is 5.09. The molecule has 1 saturated heterocycles. The molecule has 1 unspecified atom stereocenters. The van der Waals surface area contributed by atoms with Crippen molar-refractivity contribution >= 4 is 17.5 Å². The lowest BCUT2D eigenvalue weighted by atomic mass is 10.1. The first-order valence-corrected chi connectivity index (χ1v) is 6.62. The molecule has 1 aromatic heterocycles. The van der Waals surface area contributed by atoms with Gasteiger partial charge in [-0.15, -0.1) is 0 Å². The normalized spacial score (nSPS) is 18.5. The SMILES string of the molecule is COc1ncccc1NC(=O)C1CC(=O)N(C(C)C)C1. The first kappa shape index (κ1) is 14.3. The fraction of sp³-hybridized carbons (Fsp3) is 0.500. The van der Waals surface area contributed by atoms with Gasteiger partial charge >= 0.3 is 0 Å². The van der Waals surface area contributed by atoms with Crippen molar-refractivity contribution in [2.24, 2.45) is 5.92 Å². The molecule has 1 fully saturated rings. The number of carbonyl (C=O) groups is 2. The predicted molar refractivity (Wildman–Crippen MR) is 74.4 cm³/mol. The van der Waals surface area contributed by atoms with Crippen LogP contribution in [0.25, 0.3) is 0 Å². The number of aromatic nitrogens is 1. The number of amides is 2.